The van der Waals surface area contributed by atoms with Gasteiger partial charge in [-0.05, 0) is 44.9 Å². The Kier molecular flexibility index (Phi) is 15.1. The van der Waals surface area contributed by atoms with E-state index in [1.54, 1.807) is 0 Å². The molecule has 0 aliphatic rings. The molecular weight excluding hydrogens is 304 g/mol. The zero-order valence-electron chi connectivity index (χ0n) is 14.7. The molecule has 2 unspecified atom stereocenters. The minimum atomic E-state index is -0.761. The first kappa shape index (κ1) is 22.4. The Bertz CT molecular complexity index is 421. The number of allylic oxidation sites excluding steroid dienone is 6. The number of unbranched alkanes of at least 4 members (excludes halogenated alkanes) is 1. The number of hydrogen-bond donors (Lipinski definition) is 3. The molecule has 3 N–H and O–H groups in total. The van der Waals surface area contributed by atoms with Gasteiger partial charge in [-0.3, -0.25) is 4.79 Å². The Hall–Kier alpha value is -1.65. The highest BCUT2D eigenvalue weighted by atomic mass is 16.4. The molecule has 0 rings (SSSR count). The van der Waals surface area contributed by atoms with Crippen LogP contribution < -0.4 is 0 Å². The molecule has 4 nitrogen and oxygen atoms in total. The average molecular weight is 336 g/mol. The van der Waals surface area contributed by atoms with Crippen LogP contribution in [0, 0.1) is 0 Å². The molecule has 0 aliphatic carbocycles. The van der Waals surface area contributed by atoms with E-state index in [1.807, 2.05) is 36.5 Å². The molecule has 4 heteroatoms. The van der Waals surface area contributed by atoms with Gasteiger partial charge >= 0.3 is 5.97 Å². The van der Waals surface area contributed by atoms with Crippen molar-refractivity contribution in [3.05, 3.63) is 48.6 Å². The number of aliphatic hydroxyl groups is 2. The number of carbonyl (C=O) groups is 1. The maximum atomic E-state index is 10.3. The van der Waals surface area contributed by atoms with Gasteiger partial charge in [0.15, 0.2) is 0 Å². The van der Waals surface area contributed by atoms with Crippen molar-refractivity contribution in [2.24, 2.45) is 0 Å². The van der Waals surface area contributed by atoms with E-state index >= 15 is 0 Å². The molecule has 0 amide bonds. The Balaban J connectivity index is 3.74. The summed E-state index contributed by atoms with van der Waals surface area (Å²) < 4.78 is 0. The van der Waals surface area contributed by atoms with Crippen LogP contribution in [0.5, 0.6) is 0 Å². The lowest BCUT2D eigenvalue weighted by atomic mass is 10.1. The van der Waals surface area contributed by atoms with E-state index in [1.165, 1.54) is 0 Å². The third-order valence-electron chi connectivity index (χ3n) is 3.41. The summed E-state index contributed by atoms with van der Waals surface area (Å²) in [5.41, 5.74) is 0. The van der Waals surface area contributed by atoms with Gasteiger partial charge in [-0.2, -0.15) is 0 Å². The van der Waals surface area contributed by atoms with E-state index in [-0.39, 0.29) is 6.42 Å². The van der Waals surface area contributed by atoms with Gasteiger partial charge in [0, 0.05) is 6.42 Å². The fourth-order valence-electron chi connectivity index (χ4n) is 1.98. The van der Waals surface area contributed by atoms with Crippen LogP contribution in [0.15, 0.2) is 48.6 Å². The molecular formula is C20H32O4. The van der Waals surface area contributed by atoms with Gasteiger partial charge in [0.1, 0.15) is 0 Å². The Morgan fingerprint density at radius 1 is 0.833 bits per heavy atom. The third kappa shape index (κ3) is 15.3. The molecule has 0 saturated carbocycles. The van der Waals surface area contributed by atoms with Gasteiger partial charge < -0.3 is 15.3 Å². The first-order valence-electron chi connectivity index (χ1n) is 8.75. The molecule has 24 heavy (non-hydrogen) atoms. The molecule has 0 aromatic carbocycles. The quantitative estimate of drug-likeness (QED) is 0.329. The molecule has 0 bridgehead atoms. The van der Waals surface area contributed by atoms with Crippen LogP contribution in [0.2, 0.25) is 0 Å². The third-order valence-corrected chi connectivity index (χ3v) is 3.41. The number of aliphatic hydroxyl groups excluding tert-OH is 2. The number of hydrogen-bond acceptors (Lipinski definition) is 3. The number of rotatable bonds is 14. The van der Waals surface area contributed by atoms with Crippen molar-refractivity contribution in [3.8, 4) is 0 Å². The lowest BCUT2D eigenvalue weighted by molar-refractivity contribution is -0.137. The van der Waals surface area contributed by atoms with E-state index < -0.39 is 18.2 Å². The van der Waals surface area contributed by atoms with Crippen molar-refractivity contribution >= 4 is 5.97 Å². The van der Waals surface area contributed by atoms with Gasteiger partial charge in [-0.25, -0.2) is 0 Å². The van der Waals surface area contributed by atoms with E-state index in [9.17, 15) is 15.0 Å². The topological polar surface area (TPSA) is 77.8 Å². The fourth-order valence-corrected chi connectivity index (χ4v) is 1.98. The summed E-state index contributed by atoms with van der Waals surface area (Å²) in [5, 5.41) is 28.2. The zero-order chi connectivity index (χ0) is 18.0. The van der Waals surface area contributed by atoms with Crippen LogP contribution in [-0.4, -0.2) is 33.5 Å². The first-order valence-corrected chi connectivity index (χ1v) is 8.75. The minimum Gasteiger partial charge on any atom is -0.481 e. The summed E-state index contributed by atoms with van der Waals surface area (Å²) in [5.74, 6) is -0.761. The fraction of sp³-hybridized carbons (Fsp3) is 0.550. The van der Waals surface area contributed by atoms with E-state index in [2.05, 4.69) is 19.1 Å². The van der Waals surface area contributed by atoms with Crippen LogP contribution >= 0.6 is 0 Å². The van der Waals surface area contributed by atoms with Crippen LogP contribution in [0.25, 0.3) is 0 Å². The van der Waals surface area contributed by atoms with Crippen molar-refractivity contribution in [2.75, 3.05) is 0 Å². The molecule has 0 fully saturated rings. The highest BCUT2D eigenvalue weighted by Gasteiger charge is 2.12. The van der Waals surface area contributed by atoms with E-state index in [0.717, 1.165) is 25.7 Å². The smallest absolute Gasteiger partial charge is 0.303 e. The standard InChI is InChI=1S/C20H32O4/c1-2-3-4-5-9-12-15-18(21)19(22)16-13-10-7-6-8-11-14-17-20(23)24/h3-4,6,8-10,12-13,18-19,21-22H,2,5,7,11,14-17H2,1H3,(H,23,24)/b4-3+,8-6+,12-9+,13-10+. The van der Waals surface area contributed by atoms with Crippen LogP contribution in [0.3, 0.4) is 0 Å². The highest BCUT2D eigenvalue weighted by molar-refractivity contribution is 5.66. The number of carboxylic acids is 1. The van der Waals surface area contributed by atoms with Gasteiger partial charge in [0.25, 0.3) is 0 Å². The van der Waals surface area contributed by atoms with E-state index in [0.29, 0.717) is 19.3 Å². The van der Waals surface area contributed by atoms with Crippen molar-refractivity contribution in [1.29, 1.82) is 0 Å². The predicted octanol–water partition coefficient (Wildman–Crippen LogP) is 4.16. The predicted molar refractivity (Wildman–Crippen MR) is 98.8 cm³/mol. The summed E-state index contributed by atoms with van der Waals surface area (Å²) in [6, 6.07) is 0. The van der Waals surface area contributed by atoms with Crippen molar-refractivity contribution in [1.82, 2.24) is 0 Å². The Morgan fingerprint density at radius 3 is 1.83 bits per heavy atom. The lowest BCUT2D eigenvalue weighted by Gasteiger charge is -2.14. The summed E-state index contributed by atoms with van der Waals surface area (Å²) in [6.45, 7) is 2.09. The molecule has 0 saturated heterocycles. The van der Waals surface area contributed by atoms with Crippen molar-refractivity contribution < 1.29 is 20.1 Å². The Labute approximate surface area is 145 Å². The first-order chi connectivity index (χ1) is 11.6. The molecule has 0 radical (unpaired) electrons. The van der Waals surface area contributed by atoms with Crippen molar-refractivity contribution in [2.45, 2.75) is 70.5 Å². The normalized spacial score (nSPS) is 15.1. The maximum absolute atomic E-state index is 10.3. The van der Waals surface area contributed by atoms with Crippen molar-refractivity contribution in [3.63, 3.8) is 0 Å². The Morgan fingerprint density at radius 2 is 1.33 bits per heavy atom. The summed E-state index contributed by atoms with van der Waals surface area (Å²) >= 11 is 0. The molecule has 0 aromatic rings. The summed E-state index contributed by atoms with van der Waals surface area (Å²) in [7, 11) is 0. The molecule has 0 spiro atoms. The van der Waals surface area contributed by atoms with E-state index in [4.69, 9.17) is 5.11 Å². The maximum Gasteiger partial charge on any atom is 0.303 e. The number of carboxylic acid groups (broad SMARTS) is 1. The monoisotopic (exact) mass is 336 g/mol. The van der Waals surface area contributed by atoms with Gasteiger partial charge in [0.05, 0.1) is 12.2 Å². The largest absolute Gasteiger partial charge is 0.481 e. The van der Waals surface area contributed by atoms with Crippen LogP contribution in [0.4, 0.5) is 0 Å². The molecule has 136 valence electrons. The second-order valence-corrected chi connectivity index (χ2v) is 5.66. The number of aliphatic carboxylic acids is 1. The summed E-state index contributed by atoms with van der Waals surface area (Å²) in [4.78, 5) is 10.3. The van der Waals surface area contributed by atoms with Gasteiger partial charge in [0.2, 0.25) is 0 Å². The zero-order valence-corrected chi connectivity index (χ0v) is 14.7. The summed E-state index contributed by atoms with van der Waals surface area (Å²) in [6.07, 6.45) is 19.5. The lowest BCUT2D eigenvalue weighted by Crippen LogP contribution is -2.24. The second-order valence-electron chi connectivity index (χ2n) is 5.66. The molecule has 0 aliphatic heterocycles. The SMILES string of the molecule is CC/C=C/C/C=C/CC(O)C(O)C/C=C/C/C=C/CCCC(=O)O. The highest BCUT2D eigenvalue weighted by Crippen LogP contribution is 2.06. The molecule has 0 aromatic heterocycles. The van der Waals surface area contributed by atoms with Gasteiger partial charge in [-0.15, -0.1) is 0 Å². The van der Waals surface area contributed by atoms with Crippen LogP contribution in [-0.2, 0) is 4.79 Å². The van der Waals surface area contributed by atoms with Gasteiger partial charge in [-0.1, -0.05) is 55.5 Å². The second kappa shape index (κ2) is 16.2. The molecule has 2 atom stereocenters. The minimum absolute atomic E-state index is 0.202. The average Bonchev–Trinajstić information content (AvgIpc) is 2.55. The molecule has 0 heterocycles. The van der Waals surface area contributed by atoms with Crippen LogP contribution in [0.1, 0.15) is 58.3 Å².